The Morgan fingerprint density at radius 1 is 0.875 bits per heavy atom. The molecule has 0 atom stereocenters. The molecular formula is C32H36N4O4. The topological polar surface area (TPSA) is 127 Å². The number of carboxylic acid groups (broad SMARTS) is 1. The molecule has 0 aliphatic carbocycles. The van der Waals surface area contributed by atoms with E-state index in [1.54, 1.807) is 6.07 Å². The molecule has 0 fully saturated rings. The highest BCUT2D eigenvalue weighted by Gasteiger charge is 2.12. The molecule has 0 saturated heterocycles. The molecule has 2 aromatic heterocycles. The standard InChI is InChI=1S/C32H36N4O4/c33-17-7-5-3-1-2-4-6-10-23-11-9-14-27-28(23)19-34-20-29(27)24-12-8-13-25(18-24)32(40)35-26-15-16-30(37)36(21-26)22-31(38)39/h8-9,11-16,18-21H,1-7,10,17,22,33H2,(H,35,40)(H,38,39). The number of aliphatic carboxylic acids is 1. The van der Waals surface area contributed by atoms with Gasteiger partial charge in [-0.05, 0) is 60.5 Å². The van der Waals surface area contributed by atoms with E-state index in [1.165, 1.54) is 56.0 Å². The summed E-state index contributed by atoms with van der Waals surface area (Å²) in [6.45, 7) is 0.298. The third-order valence-electron chi connectivity index (χ3n) is 7.03. The maximum Gasteiger partial charge on any atom is 0.323 e. The minimum absolute atomic E-state index is 0.336. The van der Waals surface area contributed by atoms with Crippen LogP contribution in [0.1, 0.15) is 60.9 Å². The van der Waals surface area contributed by atoms with Gasteiger partial charge in [0.1, 0.15) is 6.54 Å². The van der Waals surface area contributed by atoms with Crippen molar-refractivity contribution in [1.82, 2.24) is 9.55 Å². The van der Waals surface area contributed by atoms with Gasteiger partial charge in [0.2, 0.25) is 0 Å². The highest BCUT2D eigenvalue weighted by molar-refractivity contribution is 6.06. The molecule has 208 valence electrons. The summed E-state index contributed by atoms with van der Waals surface area (Å²) in [6, 6.07) is 16.3. The first-order valence-corrected chi connectivity index (χ1v) is 13.9. The van der Waals surface area contributed by atoms with Crippen molar-refractivity contribution in [3.8, 4) is 11.1 Å². The minimum Gasteiger partial charge on any atom is -0.480 e. The van der Waals surface area contributed by atoms with Gasteiger partial charge < -0.3 is 20.7 Å². The van der Waals surface area contributed by atoms with Crippen LogP contribution in [0.5, 0.6) is 0 Å². The van der Waals surface area contributed by atoms with Crippen molar-refractivity contribution >= 4 is 28.3 Å². The highest BCUT2D eigenvalue weighted by atomic mass is 16.4. The lowest BCUT2D eigenvalue weighted by Crippen LogP contribution is -2.24. The summed E-state index contributed by atoms with van der Waals surface area (Å²) in [4.78, 5) is 40.5. The molecule has 2 heterocycles. The SMILES string of the molecule is NCCCCCCCCCc1cccc2c(-c3cccc(C(=O)Nc4ccc(=O)n(CC(=O)O)c4)c3)cncc12. The van der Waals surface area contributed by atoms with E-state index in [0.29, 0.717) is 11.3 Å². The molecule has 0 radical (unpaired) electrons. The second-order valence-electron chi connectivity index (χ2n) is 10.0. The largest absolute Gasteiger partial charge is 0.480 e. The van der Waals surface area contributed by atoms with Crippen LogP contribution in [0.2, 0.25) is 0 Å². The number of aryl methyl sites for hydroxylation is 1. The van der Waals surface area contributed by atoms with Crippen LogP contribution < -0.4 is 16.6 Å². The number of nitrogens with two attached hydrogens (primary N) is 1. The second kappa shape index (κ2) is 14.2. The van der Waals surface area contributed by atoms with Crippen molar-refractivity contribution < 1.29 is 14.7 Å². The summed E-state index contributed by atoms with van der Waals surface area (Å²) in [7, 11) is 0. The summed E-state index contributed by atoms with van der Waals surface area (Å²) in [6.07, 6.45) is 14.5. The Hall–Kier alpha value is -4.30. The third kappa shape index (κ3) is 7.64. The van der Waals surface area contributed by atoms with Crippen LogP contribution >= 0.6 is 0 Å². The Kier molecular flexibility index (Phi) is 10.2. The number of nitrogens with zero attached hydrogens (tertiary/aromatic N) is 2. The summed E-state index contributed by atoms with van der Waals surface area (Å²) >= 11 is 0. The summed E-state index contributed by atoms with van der Waals surface area (Å²) in [5.41, 5.74) is 8.99. The minimum atomic E-state index is -1.14. The average molecular weight is 541 g/mol. The molecule has 0 aliphatic heterocycles. The first-order valence-electron chi connectivity index (χ1n) is 13.9. The van der Waals surface area contributed by atoms with Crippen molar-refractivity contribution in [2.75, 3.05) is 11.9 Å². The summed E-state index contributed by atoms with van der Waals surface area (Å²) in [5.74, 6) is -1.50. The van der Waals surface area contributed by atoms with Crippen LogP contribution in [0.25, 0.3) is 21.9 Å². The van der Waals surface area contributed by atoms with Gasteiger partial charge in [-0.3, -0.25) is 19.4 Å². The highest BCUT2D eigenvalue weighted by Crippen LogP contribution is 2.31. The molecule has 2 aromatic carbocycles. The number of carbonyl (C=O) groups excluding carboxylic acids is 1. The zero-order chi connectivity index (χ0) is 28.3. The quantitative estimate of drug-likeness (QED) is 0.178. The fourth-order valence-electron chi connectivity index (χ4n) is 4.95. The molecule has 4 rings (SSSR count). The Morgan fingerprint density at radius 2 is 1.62 bits per heavy atom. The van der Waals surface area contributed by atoms with Crippen LogP contribution in [0.4, 0.5) is 5.69 Å². The van der Waals surface area contributed by atoms with E-state index in [9.17, 15) is 14.4 Å². The number of rotatable bonds is 14. The predicted molar refractivity (Wildman–Crippen MR) is 159 cm³/mol. The number of carbonyl (C=O) groups is 2. The number of nitrogens with one attached hydrogen (secondary N) is 1. The second-order valence-corrected chi connectivity index (χ2v) is 10.0. The van der Waals surface area contributed by atoms with Gasteiger partial charge in [-0.15, -0.1) is 0 Å². The monoisotopic (exact) mass is 540 g/mol. The molecule has 0 unspecified atom stereocenters. The lowest BCUT2D eigenvalue weighted by molar-refractivity contribution is -0.137. The van der Waals surface area contributed by atoms with Crippen LogP contribution in [0.15, 0.2) is 78.0 Å². The normalized spacial score (nSPS) is 11.0. The molecular weight excluding hydrogens is 504 g/mol. The third-order valence-corrected chi connectivity index (χ3v) is 7.03. The van der Waals surface area contributed by atoms with Gasteiger partial charge in [-0.2, -0.15) is 0 Å². The Balaban J connectivity index is 1.48. The lowest BCUT2D eigenvalue weighted by atomic mass is 9.95. The molecule has 8 nitrogen and oxygen atoms in total. The van der Waals surface area contributed by atoms with E-state index < -0.39 is 18.1 Å². The number of aromatic nitrogens is 2. The fourth-order valence-corrected chi connectivity index (χ4v) is 4.95. The van der Waals surface area contributed by atoms with Crippen molar-refractivity contribution in [3.63, 3.8) is 0 Å². The van der Waals surface area contributed by atoms with E-state index in [-0.39, 0.29) is 5.91 Å². The van der Waals surface area contributed by atoms with Gasteiger partial charge in [-0.1, -0.05) is 62.4 Å². The average Bonchev–Trinajstić information content (AvgIpc) is 2.95. The number of hydrogen-bond acceptors (Lipinski definition) is 5. The van der Waals surface area contributed by atoms with Gasteiger partial charge in [0.25, 0.3) is 11.5 Å². The molecule has 8 heteroatoms. The maximum absolute atomic E-state index is 13.0. The Bertz CT molecular complexity index is 1530. The number of carboxylic acids is 1. The van der Waals surface area contributed by atoms with E-state index >= 15 is 0 Å². The van der Waals surface area contributed by atoms with Gasteiger partial charge in [-0.25, -0.2) is 0 Å². The van der Waals surface area contributed by atoms with Gasteiger partial charge in [0.05, 0.1) is 5.69 Å². The van der Waals surface area contributed by atoms with E-state index in [4.69, 9.17) is 10.8 Å². The van der Waals surface area contributed by atoms with Crippen LogP contribution in [0, 0.1) is 0 Å². The van der Waals surface area contributed by atoms with Crippen LogP contribution in [0.3, 0.4) is 0 Å². The summed E-state index contributed by atoms with van der Waals surface area (Å²) in [5, 5.41) is 14.0. The van der Waals surface area contributed by atoms with Gasteiger partial charge in [0, 0.05) is 41.2 Å². The van der Waals surface area contributed by atoms with Crippen LogP contribution in [-0.4, -0.2) is 33.1 Å². The first-order chi connectivity index (χ1) is 19.5. The van der Waals surface area contributed by atoms with Crippen molar-refractivity contribution in [2.24, 2.45) is 5.73 Å². The molecule has 1 amide bonds. The lowest BCUT2D eigenvalue weighted by Gasteiger charge is -2.12. The van der Waals surface area contributed by atoms with Crippen molar-refractivity contribution in [2.45, 2.75) is 57.9 Å². The molecule has 4 aromatic rings. The molecule has 4 N–H and O–H groups in total. The number of unbranched alkanes of at least 4 members (excludes halogenated alkanes) is 6. The number of pyridine rings is 2. The molecule has 0 spiro atoms. The van der Waals surface area contributed by atoms with Gasteiger partial charge >= 0.3 is 5.97 Å². The van der Waals surface area contributed by atoms with Crippen molar-refractivity contribution in [3.05, 3.63) is 94.7 Å². The van der Waals surface area contributed by atoms with E-state index in [2.05, 4.69) is 28.5 Å². The molecule has 0 aliphatic rings. The number of amides is 1. The van der Waals surface area contributed by atoms with Crippen LogP contribution in [-0.2, 0) is 17.8 Å². The fraction of sp³-hybridized carbons (Fsp3) is 0.312. The molecule has 0 saturated carbocycles. The van der Waals surface area contributed by atoms with E-state index in [0.717, 1.165) is 52.3 Å². The molecule has 40 heavy (non-hydrogen) atoms. The predicted octanol–water partition coefficient (Wildman–Crippen LogP) is 5.63. The number of benzene rings is 2. The number of hydrogen-bond donors (Lipinski definition) is 3. The zero-order valence-corrected chi connectivity index (χ0v) is 22.6. The number of anilines is 1. The smallest absolute Gasteiger partial charge is 0.323 e. The molecule has 0 bridgehead atoms. The maximum atomic E-state index is 13.0. The van der Waals surface area contributed by atoms with Crippen molar-refractivity contribution in [1.29, 1.82) is 0 Å². The Labute approximate surface area is 233 Å². The Morgan fingerprint density at radius 3 is 2.40 bits per heavy atom. The first kappa shape index (κ1) is 28.7. The zero-order valence-electron chi connectivity index (χ0n) is 22.6. The van der Waals surface area contributed by atoms with E-state index in [1.807, 2.05) is 30.6 Å². The number of fused-ring (bicyclic) bond motifs is 1. The van der Waals surface area contributed by atoms with Gasteiger partial charge in [0.15, 0.2) is 0 Å². The summed E-state index contributed by atoms with van der Waals surface area (Å²) < 4.78 is 1.04.